The van der Waals surface area contributed by atoms with E-state index in [1.54, 1.807) is 87.7 Å². The Bertz CT molecular complexity index is 1700. The molecule has 0 fully saturated rings. The molecule has 0 saturated heterocycles. The number of hydrogen-bond donors (Lipinski definition) is 3. The highest BCUT2D eigenvalue weighted by molar-refractivity contribution is 7.99. The van der Waals surface area contributed by atoms with Gasteiger partial charge in [-0.3, -0.25) is 4.68 Å². The van der Waals surface area contributed by atoms with Crippen LogP contribution in [0.4, 0.5) is 29.7 Å². The first-order chi connectivity index (χ1) is 22.1. The van der Waals surface area contributed by atoms with E-state index in [1.807, 2.05) is 0 Å². The number of thioether (sulfide) groups is 1. The molecular weight excluding hydrogens is 658 g/mol. The largest absolute Gasteiger partial charge is 0.444 e. The van der Waals surface area contributed by atoms with Crippen LogP contribution in [-0.2, 0) is 16.0 Å². The lowest BCUT2D eigenvalue weighted by Gasteiger charge is -2.19. The van der Waals surface area contributed by atoms with E-state index in [4.69, 9.17) is 25.8 Å². The zero-order chi connectivity index (χ0) is 34.4. The molecule has 0 bridgehead atoms. The summed E-state index contributed by atoms with van der Waals surface area (Å²) in [6.07, 6.45) is 5.43. The maximum atomic E-state index is 13.6. The molecule has 0 aliphatic carbocycles. The number of hydrogen-bond acceptors (Lipinski definition) is 10. The molecule has 3 aromatic heterocycles. The number of fused-ring (bicyclic) bond motifs is 1. The average molecular weight is 695 g/mol. The van der Waals surface area contributed by atoms with E-state index >= 15 is 0 Å². The Kier molecular flexibility index (Phi) is 11.4. The zero-order valence-electron chi connectivity index (χ0n) is 26.8. The van der Waals surface area contributed by atoms with Crippen LogP contribution in [0.1, 0.15) is 41.5 Å². The van der Waals surface area contributed by atoms with Crippen molar-refractivity contribution in [3.63, 3.8) is 0 Å². The van der Waals surface area contributed by atoms with Crippen LogP contribution < -0.4 is 20.7 Å². The number of rotatable bonds is 12. The van der Waals surface area contributed by atoms with Crippen molar-refractivity contribution in [1.82, 2.24) is 35.0 Å². The predicted molar refractivity (Wildman–Crippen MR) is 175 cm³/mol. The Morgan fingerprint density at radius 2 is 1.70 bits per heavy atom. The number of alkyl halides is 2. The molecule has 0 aliphatic rings. The number of alkyl carbamates (subject to hydrolysis) is 2. The Morgan fingerprint density at radius 1 is 1.02 bits per heavy atom. The summed E-state index contributed by atoms with van der Waals surface area (Å²) in [6.45, 7) is 8.08. The maximum absolute atomic E-state index is 13.6. The Hall–Kier alpha value is -4.31. The smallest absolute Gasteiger partial charge is 0.407 e. The summed E-state index contributed by atoms with van der Waals surface area (Å²) in [5.41, 5.74) is 0.655. The highest BCUT2D eigenvalue weighted by Crippen LogP contribution is 2.42. The molecule has 0 aliphatic heterocycles. The van der Waals surface area contributed by atoms with E-state index in [1.165, 1.54) is 17.8 Å². The molecule has 17 heteroatoms. The second-order valence-corrected chi connectivity index (χ2v) is 13.6. The van der Waals surface area contributed by atoms with Gasteiger partial charge in [-0.05, 0) is 53.7 Å². The standard InChI is InChI=1S/C30H37ClF2N8O5S/c1-29(2,3)45-27(42)35-9-12-40-17-21(38-20-16-37-41-11-7-8-34-25(20)41)24(39-40)18-14-23(19(31)15-22(18)44-26(32)33)47-13-10-36-28(43)46-30(4,5)6/h7-8,11,14-17,26,38H,9-10,12-13H2,1-6H3,(H,35,42)(H,36,43). The first-order valence-electron chi connectivity index (χ1n) is 14.6. The van der Waals surface area contributed by atoms with Crippen LogP contribution in [0.2, 0.25) is 5.02 Å². The summed E-state index contributed by atoms with van der Waals surface area (Å²) in [4.78, 5) is 29.1. The Balaban J connectivity index is 1.64. The number of ether oxygens (including phenoxy) is 3. The van der Waals surface area contributed by atoms with Gasteiger partial charge in [0.05, 0.1) is 23.5 Å². The summed E-state index contributed by atoms with van der Waals surface area (Å²) in [6, 6.07) is 4.63. The lowest BCUT2D eigenvalue weighted by molar-refractivity contribution is -0.0494. The number of carbonyl (C=O) groups is 2. The van der Waals surface area contributed by atoms with Gasteiger partial charge in [0.15, 0.2) is 5.65 Å². The number of halogens is 3. The number of carbonyl (C=O) groups excluding carboxylic acids is 2. The number of nitrogens with zero attached hydrogens (tertiary/aromatic N) is 5. The fraction of sp³-hybridized carbons (Fsp3) is 0.433. The van der Waals surface area contributed by atoms with Crippen LogP contribution in [0.15, 0.2) is 47.9 Å². The first kappa shape index (κ1) is 35.5. The van der Waals surface area contributed by atoms with E-state index < -0.39 is 30.0 Å². The summed E-state index contributed by atoms with van der Waals surface area (Å²) in [7, 11) is 0. The predicted octanol–water partition coefficient (Wildman–Crippen LogP) is 6.73. The van der Waals surface area contributed by atoms with Crippen molar-refractivity contribution >= 4 is 52.6 Å². The Labute approximate surface area is 279 Å². The Morgan fingerprint density at radius 3 is 2.36 bits per heavy atom. The van der Waals surface area contributed by atoms with E-state index in [2.05, 4.69) is 31.1 Å². The van der Waals surface area contributed by atoms with Gasteiger partial charge in [0.2, 0.25) is 0 Å². The highest BCUT2D eigenvalue weighted by atomic mass is 35.5. The van der Waals surface area contributed by atoms with Crippen LogP contribution in [0, 0.1) is 0 Å². The van der Waals surface area contributed by atoms with Crippen LogP contribution in [0.25, 0.3) is 16.9 Å². The normalized spacial score (nSPS) is 11.9. The molecule has 2 amide bonds. The van der Waals surface area contributed by atoms with Crippen LogP contribution in [0.5, 0.6) is 5.75 Å². The van der Waals surface area contributed by atoms with Crippen molar-refractivity contribution in [2.45, 2.75) is 70.8 Å². The number of anilines is 2. The topological polar surface area (TPSA) is 146 Å². The van der Waals surface area contributed by atoms with E-state index in [0.717, 1.165) is 0 Å². The second-order valence-electron chi connectivity index (χ2n) is 12.1. The lowest BCUT2D eigenvalue weighted by Crippen LogP contribution is -2.34. The molecule has 254 valence electrons. The van der Waals surface area contributed by atoms with Gasteiger partial charge in [-0.15, -0.1) is 11.8 Å². The third-order valence-corrected chi connectivity index (χ3v) is 7.33. The molecule has 0 saturated carbocycles. The fourth-order valence-corrected chi connectivity index (χ4v) is 5.27. The van der Waals surface area contributed by atoms with Crippen molar-refractivity contribution in [3.8, 4) is 17.0 Å². The van der Waals surface area contributed by atoms with E-state index in [0.29, 0.717) is 27.7 Å². The van der Waals surface area contributed by atoms with Gasteiger partial charge in [0, 0.05) is 54.0 Å². The zero-order valence-corrected chi connectivity index (χ0v) is 28.3. The van der Waals surface area contributed by atoms with Gasteiger partial charge in [-0.2, -0.15) is 19.0 Å². The molecule has 4 rings (SSSR count). The van der Waals surface area contributed by atoms with Gasteiger partial charge in [-0.25, -0.2) is 19.1 Å². The summed E-state index contributed by atoms with van der Waals surface area (Å²) >= 11 is 7.80. The molecular formula is C30H37ClF2N8O5S. The van der Waals surface area contributed by atoms with Crippen molar-refractivity contribution in [2.75, 3.05) is 24.2 Å². The molecule has 47 heavy (non-hydrogen) atoms. The first-order valence-corrected chi connectivity index (χ1v) is 15.9. The van der Waals surface area contributed by atoms with Crippen molar-refractivity contribution in [1.29, 1.82) is 0 Å². The van der Waals surface area contributed by atoms with Crippen LogP contribution >= 0.6 is 23.4 Å². The van der Waals surface area contributed by atoms with E-state index in [9.17, 15) is 18.4 Å². The average Bonchev–Trinajstić information content (AvgIpc) is 3.54. The van der Waals surface area contributed by atoms with Gasteiger partial charge >= 0.3 is 18.8 Å². The number of aromatic nitrogens is 5. The molecule has 0 radical (unpaired) electrons. The lowest BCUT2D eigenvalue weighted by atomic mass is 10.1. The molecule has 1 aromatic carbocycles. The molecule has 13 nitrogen and oxygen atoms in total. The minimum atomic E-state index is -3.14. The molecule has 0 spiro atoms. The van der Waals surface area contributed by atoms with Gasteiger partial charge < -0.3 is 30.2 Å². The van der Waals surface area contributed by atoms with E-state index in [-0.39, 0.29) is 41.7 Å². The molecule has 3 N–H and O–H groups in total. The minimum absolute atomic E-state index is 0.167. The summed E-state index contributed by atoms with van der Waals surface area (Å²) in [5.74, 6) is 0.205. The van der Waals surface area contributed by atoms with Crippen LogP contribution in [0.3, 0.4) is 0 Å². The minimum Gasteiger partial charge on any atom is -0.444 e. The van der Waals surface area contributed by atoms with Crippen molar-refractivity contribution < 1.29 is 32.6 Å². The number of nitrogens with one attached hydrogen (secondary N) is 3. The highest BCUT2D eigenvalue weighted by Gasteiger charge is 2.23. The fourth-order valence-electron chi connectivity index (χ4n) is 4.13. The maximum Gasteiger partial charge on any atom is 0.407 e. The van der Waals surface area contributed by atoms with Gasteiger partial charge in [-0.1, -0.05) is 11.6 Å². The SMILES string of the molecule is CC(C)(C)OC(=O)NCCSc1cc(-c2nn(CCNC(=O)OC(C)(C)C)cc2Nc2cnn3cccnc23)c(OC(F)F)cc1Cl. The molecule has 4 aromatic rings. The third kappa shape index (κ3) is 10.6. The van der Waals surface area contributed by atoms with Gasteiger partial charge in [0.25, 0.3) is 0 Å². The van der Waals surface area contributed by atoms with Crippen LogP contribution in [-0.4, -0.2) is 73.2 Å². The molecule has 0 atom stereocenters. The van der Waals surface area contributed by atoms with Crippen molar-refractivity contribution in [3.05, 3.63) is 48.0 Å². The summed E-state index contributed by atoms with van der Waals surface area (Å²) in [5, 5.41) is 17.8. The third-order valence-electron chi connectivity index (χ3n) is 5.85. The number of amides is 2. The second kappa shape index (κ2) is 15.1. The quantitative estimate of drug-likeness (QED) is 0.108. The van der Waals surface area contributed by atoms with Gasteiger partial charge in [0.1, 0.15) is 28.3 Å². The van der Waals surface area contributed by atoms with Crippen molar-refractivity contribution in [2.24, 2.45) is 0 Å². The molecule has 3 heterocycles. The molecule has 0 unspecified atom stereocenters. The summed E-state index contributed by atoms with van der Waals surface area (Å²) < 4.78 is 45.8. The number of benzene rings is 1. The monoisotopic (exact) mass is 694 g/mol.